The van der Waals surface area contributed by atoms with Gasteiger partial charge in [-0.2, -0.15) is 0 Å². The first-order valence-electron chi connectivity index (χ1n) is 3.06. The van der Waals surface area contributed by atoms with Crippen LogP contribution in [0.2, 0.25) is 0 Å². The van der Waals surface area contributed by atoms with Gasteiger partial charge in [0.05, 0.1) is 19.0 Å². The molecule has 0 saturated carbocycles. The van der Waals surface area contributed by atoms with E-state index < -0.39 is 0 Å². The Labute approximate surface area is 64.2 Å². The van der Waals surface area contributed by atoms with Crippen LogP contribution in [0.3, 0.4) is 0 Å². The van der Waals surface area contributed by atoms with Crippen molar-refractivity contribution < 1.29 is 9.53 Å². The third kappa shape index (κ3) is 1.67. The summed E-state index contributed by atoms with van der Waals surface area (Å²) in [5, 5.41) is 2.48. The monoisotopic (exact) mass is 152 g/mol. The highest BCUT2D eigenvalue weighted by molar-refractivity contribution is 5.74. The summed E-state index contributed by atoms with van der Waals surface area (Å²) in [6, 6.07) is 1.66. The molecule has 0 aliphatic carbocycles. The summed E-state index contributed by atoms with van der Waals surface area (Å²) in [5.74, 6) is 0.555. The molecule has 0 spiro atoms. The molecule has 0 radical (unpaired) electrons. The second kappa shape index (κ2) is 3.55. The maximum absolute atomic E-state index is 10.1. The molecule has 11 heavy (non-hydrogen) atoms. The van der Waals surface area contributed by atoms with E-state index in [-0.39, 0.29) is 0 Å². The number of carbonyl (C=O) groups is 1. The van der Waals surface area contributed by atoms with Gasteiger partial charge in [-0.15, -0.1) is 0 Å². The predicted molar refractivity (Wildman–Crippen MR) is 40.5 cm³/mol. The van der Waals surface area contributed by atoms with Crippen LogP contribution in [0.4, 0.5) is 5.69 Å². The molecule has 0 saturated heterocycles. The normalized spacial score (nSPS) is 8.82. The van der Waals surface area contributed by atoms with E-state index in [9.17, 15) is 4.79 Å². The first-order valence-corrected chi connectivity index (χ1v) is 3.06. The van der Waals surface area contributed by atoms with E-state index >= 15 is 0 Å². The van der Waals surface area contributed by atoms with Crippen LogP contribution in [-0.4, -0.2) is 18.5 Å². The minimum atomic E-state index is 0.555. The van der Waals surface area contributed by atoms with Gasteiger partial charge in [0, 0.05) is 6.20 Å². The molecule has 0 bridgehead atoms. The summed E-state index contributed by atoms with van der Waals surface area (Å²) in [7, 11) is 1.52. The summed E-state index contributed by atoms with van der Waals surface area (Å²) >= 11 is 0. The van der Waals surface area contributed by atoms with Gasteiger partial charge >= 0.3 is 0 Å². The Bertz CT molecular complexity index is 250. The third-order valence-electron chi connectivity index (χ3n) is 1.22. The van der Waals surface area contributed by atoms with Crippen LogP contribution in [0.25, 0.3) is 0 Å². The van der Waals surface area contributed by atoms with E-state index in [0.717, 1.165) is 0 Å². The number of hydrogen-bond donors (Lipinski definition) is 1. The van der Waals surface area contributed by atoms with Crippen LogP contribution < -0.4 is 10.1 Å². The molecule has 0 aromatic carbocycles. The van der Waals surface area contributed by atoms with Crippen molar-refractivity contribution >= 4 is 12.1 Å². The van der Waals surface area contributed by atoms with Gasteiger partial charge in [0.25, 0.3) is 0 Å². The fourth-order valence-corrected chi connectivity index (χ4v) is 0.725. The molecule has 0 atom stereocenters. The highest BCUT2D eigenvalue weighted by Crippen LogP contribution is 2.20. The smallest absolute Gasteiger partial charge is 0.211 e. The highest BCUT2D eigenvalue weighted by atomic mass is 16.5. The number of methoxy groups -OCH3 is 1. The molecule has 1 rings (SSSR count). The fraction of sp³-hybridized carbons (Fsp3) is 0.143. The number of amides is 1. The number of rotatable bonds is 3. The summed E-state index contributed by atoms with van der Waals surface area (Å²) in [6.45, 7) is 0. The van der Waals surface area contributed by atoms with E-state index in [2.05, 4.69) is 10.3 Å². The number of pyridine rings is 1. The van der Waals surface area contributed by atoms with Crippen LogP contribution in [0.5, 0.6) is 5.75 Å². The second-order valence-corrected chi connectivity index (χ2v) is 1.84. The summed E-state index contributed by atoms with van der Waals surface area (Å²) in [6.07, 6.45) is 3.71. The van der Waals surface area contributed by atoms with E-state index in [0.29, 0.717) is 17.8 Å². The largest absolute Gasteiger partial charge is 0.493 e. The van der Waals surface area contributed by atoms with Gasteiger partial charge in [0.15, 0.2) is 5.75 Å². The molecule has 0 aliphatic rings. The number of nitrogens with one attached hydrogen (secondary N) is 1. The maximum Gasteiger partial charge on any atom is 0.211 e. The van der Waals surface area contributed by atoms with Crippen molar-refractivity contribution in [1.82, 2.24) is 4.98 Å². The number of ether oxygens (including phenoxy) is 1. The Hall–Kier alpha value is -1.58. The minimum Gasteiger partial charge on any atom is -0.493 e. The molecule has 1 heterocycles. The summed E-state index contributed by atoms with van der Waals surface area (Å²) in [5.41, 5.74) is 0.623. The van der Waals surface area contributed by atoms with E-state index in [1.54, 1.807) is 12.3 Å². The van der Waals surface area contributed by atoms with E-state index in [4.69, 9.17) is 4.74 Å². The molecule has 1 aromatic heterocycles. The predicted octanol–water partition coefficient (Wildman–Crippen LogP) is 0.658. The molecule has 4 nitrogen and oxygen atoms in total. The van der Waals surface area contributed by atoms with Gasteiger partial charge in [-0.25, -0.2) is 0 Å². The lowest BCUT2D eigenvalue weighted by Crippen LogP contribution is -1.97. The topological polar surface area (TPSA) is 51.2 Å². The van der Waals surface area contributed by atoms with E-state index in [1.165, 1.54) is 13.3 Å². The first kappa shape index (κ1) is 7.53. The van der Waals surface area contributed by atoms with Crippen molar-refractivity contribution in [2.45, 2.75) is 0 Å². The van der Waals surface area contributed by atoms with Crippen molar-refractivity contribution in [3.8, 4) is 5.75 Å². The van der Waals surface area contributed by atoms with Crippen LogP contribution in [0, 0.1) is 0 Å². The van der Waals surface area contributed by atoms with Crippen molar-refractivity contribution in [2.75, 3.05) is 12.4 Å². The second-order valence-electron chi connectivity index (χ2n) is 1.84. The average Bonchev–Trinajstić information content (AvgIpc) is 2.06. The Balaban J connectivity index is 2.92. The van der Waals surface area contributed by atoms with Crippen molar-refractivity contribution in [1.29, 1.82) is 0 Å². The lowest BCUT2D eigenvalue weighted by molar-refractivity contribution is -0.105. The molecule has 0 aliphatic heterocycles. The first-order chi connectivity index (χ1) is 5.38. The molecule has 1 N–H and O–H groups in total. The Morgan fingerprint density at radius 2 is 2.55 bits per heavy atom. The van der Waals surface area contributed by atoms with Crippen LogP contribution in [0.1, 0.15) is 0 Å². The number of aromatic nitrogens is 1. The molecule has 0 fully saturated rings. The standard InChI is InChI=1S/C7H8N2O2/c1-11-7-4-8-3-2-6(7)9-5-10/h2-5H,1H3,(H,8,9,10). The molecule has 1 aromatic rings. The van der Waals surface area contributed by atoms with E-state index in [1.807, 2.05) is 0 Å². The van der Waals surface area contributed by atoms with Gasteiger partial charge in [-0.1, -0.05) is 0 Å². The number of anilines is 1. The van der Waals surface area contributed by atoms with Gasteiger partial charge in [0.2, 0.25) is 6.41 Å². The van der Waals surface area contributed by atoms with Crippen molar-refractivity contribution in [2.24, 2.45) is 0 Å². The Morgan fingerprint density at radius 1 is 1.73 bits per heavy atom. The Morgan fingerprint density at radius 3 is 3.18 bits per heavy atom. The van der Waals surface area contributed by atoms with Crippen molar-refractivity contribution in [3.05, 3.63) is 18.5 Å². The molecular weight excluding hydrogens is 144 g/mol. The van der Waals surface area contributed by atoms with Crippen LogP contribution in [-0.2, 0) is 4.79 Å². The number of hydrogen-bond acceptors (Lipinski definition) is 3. The zero-order valence-electron chi connectivity index (χ0n) is 6.07. The highest BCUT2D eigenvalue weighted by Gasteiger charge is 1.98. The molecule has 58 valence electrons. The van der Waals surface area contributed by atoms with Gasteiger partial charge in [0.1, 0.15) is 0 Å². The SMILES string of the molecule is COc1cnccc1NC=O. The Kier molecular flexibility index (Phi) is 2.43. The third-order valence-corrected chi connectivity index (χ3v) is 1.22. The molecule has 0 unspecified atom stereocenters. The summed E-state index contributed by atoms with van der Waals surface area (Å²) < 4.78 is 4.91. The summed E-state index contributed by atoms with van der Waals surface area (Å²) in [4.78, 5) is 13.9. The number of nitrogens with zero attached hydrogens (tertiary/aromatic N) is 1. The maximum atomic E-state index is 10.1. The van der Waals surface area contributed by atoms with Gasteiger partial charge in [-0.05, 0) is 6.07 Å². The zero-order valence-corrected chi connectivity index (χ0v) is 6.07. The van der Waals surface area contributed by atoms with Crippen LogP contribution >= 0.6 is 0 Å². The zero-order chi connectivity index (χ0) is 8.10. The van der Waals surface area contributed by atoms with Crippen LogP contribution in [0.15, 0.2) is 18.5 Å². The molecule has 4 heteroatoms. The number of carbonyl (C=O) groups excluding carboxylic acids is 1. The lowest BCUT2D eigenvalue weighted by Gasteiger charge is -2.03. The molecular formula is C7H8N2O2. The van der Waals surface area contributed by atoms with Crippen molar-refractivity contribution in [3.63, 3.8) is 0 Å². The van der Waals surface area contributed by atoms with Gasteiger partial charge < -0.3 is 10.1 Å². The lowest BCUT2D eigenvalue weighted by atomic mass is 10.4. The molecule has 1 amide bonds. The average molecular weight is 152 g/mol. The fourth-order valence-electron chi connectivity index (χ4n) is 0.725. The quantitative estimate of drug-likeness (QED) is 0.647. The van der Waals surface area contributed by atoms with Gasteiger partial charge in [-0.3, -0.25) is 9.78 Å². The minimum absolute atomic E-state index is 0.555.